The number of aromatic nitrogens is 2. The molecule has 1 aliphatic rings. The maximum absolute atomic E-state index is 13.3. The third-order valence-corrected chi connectivity index (χ3v) is 8.70. The van der Waals surface area contributed by atoms with Crippen LogP contribution in [0.2, 0.25) is 15.1 Å². The molecule has 1 atom stereocenters. The van der Waals surface area contributed by atoms with E-state index in [1.807, 2.05) is 24.3 Å². The number of rotatable bonds is 6. The molecule has 1 N–H and O–H groups in total. The van der Waals surface area contributed by atoms with Crippen LogP contribution in [0.1, 0.15) is 22.7 Å². The number of aliphatic hydroxyl groups is 1. The van der Waals surface area contributed by atoms with Gasteiger partial charge in [-0.25, -0.2) is 0 Å². The second kappa shape index (κ2) is 10.8. The van der Waals surface area contributed by atoms with E-state index in [-0.39, 0.29) is 21.5 Å². The highest BCUT2D eigenvalue weighted by Crippen LogP contribution is 2.46. The number of amides is 1. The Bertz CT molecular complexity index is 1540. The van der Waals surface area contributed by atoms with Crippen molar-refractivity contribution >= 4 is 80.5 Å². The van der Waals surface area contributed by atoms with Gasteiger partial charge in [-0.05, 0) is 29.3 Å². The lowest BCUT2D eigenvalue weighted by atomic mass is 9.95. The summed E-state index contributed by atoms with van der Waals surface area (Å²) in [5, 5.41) is 21.0. The van der Waals surface area contributed by atoms with E-state index in [0.717, 1.165) is 16.9 Å². The average Bonchev–Trinajstić information content (AvgIpc) is 3.46. The van der Waals surface area contributed by atoms with Crippen LogP contribution in [0.4, 0.5) is 5.13 Å². The molecule has 0 radical (unpaired) electrons. The van der Waals surface area contributed by atoms with Crippen LogP contribution < -0.4 is 4.90 Å². The molecule has 0 spiro atoms. The van der Waals surface area contributed by atoms with Crippen LogP contribution in [-0.2, 0) is 15.3 Å². The zero-order chi connectivity index (χ0) is 26.1. The molecule has 37 heavy (non-hydrogen) atoms. The molecule has 0 bridgehead atoms. The summed E-state index contributed by atoms with van der Waals surface area (Å²) >= 11 is 21.4. The fourth-order valence-corrected chi connectivity index (χ4v) is 6.58. The van der Waals surface area contributed by atoms with Crippen LogP contribution in [0.3, 0.4) is 0 Å². The quantitative estimate of drug-likeness (QED) is 0.0830. The van der Waals surface area contributed by atoms with Gasteiger partial charge in [0.05, 0.1) is 11.6 Å². The zero-order valence-corrected chi connectivity index (χ0v) is 22.7. The SMILES string of the molecule is O=C1C(=O)N(c2nnc(SCc3ccccc3Cl)s2)C(c2ccc(Cl)cc2Cl)/C1=C(/O)c1ccccc1. The van der Waals surface area contributed by atoms with Crippen molar-refractivity contribution in [2.75, 3.05) is 4.90 Å². The minimum atomic E-state index is -1.03. The summed E-state index contributed by atoms with van der Waals surface area (Å²) in [6.07, 6.45) is 0. The van der Waals surface area contributed by atoms with Gasteiger partial charge in [-0.2, -0.15) is 0 Å². The van der Waals surface area contributed by atoms with Gasteiger partial charge >= 0.3 is 5.91 Å². The highest BCUT2D eigenvalue weighted by atomic mass is 35.5. The monoisotopic (exact) mass is 587 g/mol. The molecule has 2 heterocycles. The van der Waals surface area contributed by atoms with Gasteiger partial charge in [-0.3, -0.25) is 14.5 Å². The summed E-state index contributed by atoms with van der Waals surface area (Å²) in [6.45, 7) is 0. The van der Waals surface area contributed by atoms with Crippen LogP contribution in [0.25, 0.3) is 5.76 Å². The fourth-order valence-electron chi connectivity index (χ4n) is 3.91. The molecule has 186 valence electrons. The number of hydrogen-bond acceptors (Lipinski definition) is 7. The predicted octanol–water partition coefficient (Wildman–Crippen LogP) is 7.42. The maximum Gasteiger partial charge on any atom is 0.301 e. The molecule has 5 rings (SSSR count). The number of nitrogens with zero attached hydrogens (tertiary/aromatic N) is 3. The molecule has 1 aromatic heterocycles. The van der Waals surface area contributed by atoms with Crippen molar-refractivity contribution in [1.82, 2.24) is 10.2 Å². The number of halogens is 3. The Morgan fingerprint density at radius 1 is 0.946 bits per heavy atom. The number of carbonyl (C=O) groups is 2. The van der Waals surface area contributed by atoms with Crippen LogP contribution in [-0.4, -0.2) is 27.0 Å². The maximum atomic E-state index is 13.3. The molecule has 1 saturated heterocycles. The second-order valence-electron chi connectivity index (χ2n) is 7.93. The molecule has 0 saturated carbocycles. The van der Waals surface area contributed by atoms with E-state index < -0.39 is 17.7 Å². The van der Waals surface area contributed by atoms with Crippen LogP contribution in [0.15, 0.2) is 82.7 Å². The molecule has 3 aromatic carbocycles. The van der Waals surface area contributed by atoms with E-state index in [1.54, 1.807) is 42.5 Å². The molecule has 1 amide bonds. The van der Waals surface area contributed by atoms with E-state index in [0.29, 0.717) is 31.3 Å². The van der Waals surface area contributed by atoms with E-state index >= 15 is 0 Å². The summed E-state index contributed by atoms with van der Waals surface area (Å²) in [6, 6.07) is 19.7. The van der Waals surface area contributed by atoms with Gasteiger partial charge in [-0.15, -0.1) is 10.2 Å². The largest absolute Gasteiger partial charge is 0.507 e. The highest BCUT2D eigenvalue weighted by molar-refractivity contribution is 8.00. The number of carbonyl (C=O) groups excluding carboxylic acids is 2. The van der Waals surface area contributed by atoms with Gasteiger partial charge in [-0.1, -0.05) is 112 Å². The number of Topliss-reactive ketones (excluding diaryl/α,β-unsaturated/α-hetero) is 1. The Kier molecular flexibility index (Phi) is 7.55. The first-order valence-corrected chi connectivity index (χ1v) is 13.8. The minimum absolute atomic E-state index is 0.0964. The smallest absolute Gasteiger partial charge is 0.301 e. The standard InChI is InChI=1S/C26H16Cl3N3O3S2/c27-16-10-11-17(19(29)12-16)21-20(22(33)14-6-2-1-3-7-14)23(34)24(35)32(21)25-30-31-26(37-25)36-13-15-8-4-5-9-18(15)28/h1-12,21,33H,13H2/b22-20-. The van der Waals surface area contributed by atoms with E-state index in [9.17, 15) is 14.7 Å². The lowest BCUT2D eigenvalue weighted by Crippen LogP contribution is -2.29. The van der Waals surface area contributed by atoms with Crippen LogP contribution in [0, 0.1) is 0 Å². The Hall–Kier alpha value is -2.88. The number of benzene rings is 3. The summed E-state index contributed by atoms with van der Waals surface area (Å²) < 4.78 is 0.584. The van der Waals surface area contributed by atoms with Crippen molar-refractivity contribution in [3.05, 3.63) is 110 Å². The summed E-state index contributed by atoms with van der Waals surface area (Å²) in [4.78, 5) is 27.8. The molecule has 1 unspecified atom stereocenters. The number of thioether (sulfide) groups is 1. The molecule has 1 fully saturated rings. The highest BCUT2D eigenvalue weighted by Gasteiger charge is 2.49. The van der Waals surface area contributed by atoms with E-state index in [1.165, 1.54) is 22.7 Å². The van der Waals surface area contributed by atoms with Gasteiger partial charge in [0, 0.05) is 26.4 Å². The number of ketones is 1. The fraction of sp³-hybridized carbons (Fsp3) is 0.0769. The number of hydrogen-bond donors (Lipinski definition) is 1. The third-order valence-electron chi connectivity index (χ3n) is 5.66. The van der Waals surface area contributed by atoms with Crippen LogP contribution in [0.5, 0.6) is 0 Å². The minimum Gasteiger partial charge on any atom is -0.507 e. The van der Waals surface area contributed by atoms with Gasteiger partial charge in [0.15, 0.2) is 4.34 Å². The molecular formula is C26H16Cl3N3O3S2. The molecule has 6 nitrogen and oxygen atoms in total. The summed E-state index contributed by atoms with van der Waals surface area (Å²) in [5.74, 6) is -1.45. The predicted molar refractivity (Wildman–Crippen MR) is 149 cm³/mol. The Morgan fingerprint density at radius 3 is 2.41 bits per heavy atom. The van der Waals surface area contributed by atoms with Gasteiger partial charge in [0.2, 0.25) is 5.13 Å². The molecule has 11 heteroatoms. The van der Waals surface area contributed by atoms with Crippen molar-refractivity contribution < 1.29 is 14.7 Å². The van der Waals surface area contributed by atoms with Crippen molar-refractivity contribution in [3.8, 4) is 0 Å². The molecular weight excluding hydrogens is 573 g/mol. The second-order valence-corrected chi connectivity index (χ2v) is 11.4. The van der Waals surface area contributed by atoms with Crippen molar-refractivity contribution in [2.24, 2.45) is 0 Å². The lowest BCUT2D eigenvalue weighted by molar-refractivity contribution is -0.132. The molecule has 0 aliphatic carbocycles. The van der Waals surface area contributed by atoms with Gasteiger partial charge in [0.1, 0.15) is 5.76 Å². The first kappa shape index (κ1) is 25.8. The van der Waals surface area contributed by atoms with Crippen molar-refractivity contribution in [1.29, 1.82) is 0 Å². The molecule has 4 aromatic rings. The van der Waals surface area contributed by atoms with E-state index in [2.05, 4.69) is 10.2 Å². The summed E-state index contributed by atoms with van der Waals surface area (Å²) in [7, 11) is 0. The van der Waals surface area contributed by atoms with Crippen molar-refractivity contribution in [2.45, 2.75) is 16.1 Å². The average molecular weight is 589 g/mol. The Balaban J connectivity index is 1.57. The summed E-state index contributed by atoms with van der Waals surface area (Å²) in [5.41, 5.74) is 1.65. The van der Waals surface area contributed by atoms with Gasteiger partial charge in [0.25, 0.3) is 5.78 Å². The number of aliphatic hydroxyl groups excluding tert-OH is 1. The number of anilines is 1. The first-order chi connectivity index (χ1) is 17.8. The van der Waals surface area contributed by atoms with Crippen LogP contribution >= 0.6 is 57.9 Å². The topological polar surface area (TPSA) is 83.4 Å². The third kappa shape index (κ3) is 5.12. The van der Waals surface area contributed by atoms with Crippen molar-refractivity contribution in [3.63, 3.8) is 0 Å². The Morgan fingerprint density at radius 2 is 1.68 bits per heavy atom. The molecule has 1 aliphatic heterocycles. The normalized spacial score (nSPS) is 16.9. The Labute approximate surface area is 235 Å². The van der Waals surface area contributed by atoms with Gasteiger partial charge < -0.3 is 5.11 Å². The zero-order valence-electron chi connectivity index (χ0n) is 18.8. The lowest BCUT2D eigenvalue weighted by Gasteiger charge is -2.23. The first-order valence-electron chi connectivity index (χ1n) is 10.9. The van der Waals surface area contributed by atoms with E-state index in [4.69, 9.17) is 34.8 Å².